The molecular formula is C21H23N3O2. The van der Waals surface area contributed by atoms with E-state index in [1.165, 1.54) is 0 Å². The van der Waals surface area contributed by atoms with Gasteiger partial charge in [0.25, 0.3) is 5.91 Å². The second kappa shape index (κ2) is 7.54. The summed E-state index contributed by atoms with van der Waals surface area (Å²) in [5.41, 5.74) is -0.681. The van der Waals surface area contributed by atoms with E-state index in [4.69, 9.17) is 0 Å². The van der Waals surface area contributed by atoms with E-state index < -0.39 is 11.5 Å². The molecule has 1 aromatic heterocycles. The molecule has 0 saturated carbocycles. The fraction of sp³-hybridized carbons (Fsp3) is 0.238. The Morgan fingerprint density at radius 2 is 1.65 bits per heavy atom. The van der Waals surface area contributed by atoms with Crippen LogP contribution in [0.3, 0.4) is 0 Å². The first kappa shape index (κ1) is 17.9. The highest BCUT2D eigenvalue weighted by Gasteiger charge is 2.40. The molecule has 0 fully saturated rings. The summed E-state index contributed by atoms with van der Waals surface area (Å²) in [5.74, 6) is 0.428. The first-order chi connectivity index (χ1) is 12.5. The second-order valence-electron chi connectivity index (χ2n) is 6.48. The molecule has 0 aliphatic rings. The van der Waals surface area contributed by atoms with Gasteiger partial charge in [-0.2, -0.15) is 0 Å². The third kappa shape index (κ3) is 3.53. The number of hydrogen-bond donors (Lipinski definition) is 2. The number of imidazole rings is 1. The molecule has 1 heterocycles. The van der Waals surface area contributed by atoms with Gasteiger partial charge in [0, 0.05) is 31.9 Å². The Labute approximate surface area is 153 Å². The average Bonchev–Trinajstić information content (AvgIpc) is 3.06. The summed E-state index contributed by atoms with van der Waals surface area (Å²) in [5, 5.41) is 14.4. The molecule has 2 aromatic carbocycles. The van der Waals surface area contributed by atoms with E-state index in [0.717, 1.165) is 5.82 Å². The van der Waals surface area contributed by atoms with Crippen molar-refractivity contribution in [2.75, 3.05) is 0 Å². The third-order valence-corrected chi connectivity index (χ3v) is 4.50. The molecule has 1 amide bonds. The number of amides is 1. The maximum absolute atomic E-state index is 13.1. The van der Waals surface area contributed by atoms with Crippen molar-refractivity contribution in [2.24, 2.45) is 7.05 Å². The summed E-state index contributed by atoms with van der Waals surface area (Å²) in [6, 6.07) is 17.8. The molecule has 3 aromatic rings. The van der Waals surface area contributed by atoms with Crippen molar-refractivity contribution >= 4 is 5.91 Å². The lowest BCUT2D eigenvalue weighted by atomic mass is 9.85. The third-order valence-electron chi connectivity index (χ3n) is 4.50. The average molecular weight is 349 g/mol. The number of aromatic nitrogens is 2. The summed E-state index contributed by atoms with van der Waals surface area (Å²) < 4.78 is 1.92. The van der Waals surface area contributed by atoms with Crippen LogP contribution in [0.25, 0.3) is 0 Å². The summed E-state index contributed by atoms with van der Waals surface area (Å²) in [4.78, 5) is 17.4. The molecule has 5 heteroatoms. The first-order valence-corrected chi connectivity index (χ1v) is 8.62. The molecule has 134 valence electrons. The standard InChI is InChI=1S/C21H23N3O2/c1-16(15-19-22-13-14-24(19)2)23-20(25)21(26,17-9-5-3-6-10-17)18-11-7-4-8-12-18/h3-14,16,26H,15H2,1-2H3,(H,23,25). The van der Waals surface area contributed by atoms with Crippen LogP contribution in [0, 0.1) is 0 Å². The summed E-state index contributed by atoms with van der Waals surface area (Å²) in [6.07, 6.45) is 4.18. The zero-order chi connectivity index (χ0) is 18.6. The van der Waals surface area contributed by atoms with Gasteiger partial charge < -0.3 is 15.0 Å². The highest BCUT2D eigenvalue weighted by atomic mass is 16.3. The lowest BCUT2D eigenvalue weighted by molar-refractivity contribution is -0.137. The van der Waals surface area contributed by atoms with Crippen LogP contribution < -0.4 is 5.32 Å². The predicted octanol–water partition coefficient (Wildman–Crippen LogP) is 2.40. The Bertz CT molecular complexity index is 820. The van der Waals surface area contributed by atoms with E-state index in [-0.39, 0.29) is 6.04 Å². The largest absolute Gasteiger partial charge is 0.372 e. The van der Waals surface area contributed by atoms with Crippen LogP contribution in [-0.4, -0.2) is 26.6 Å². The summed E-state index contributed by atoms with van der Waals surface area (Å²) in [7, 11) is 1.92. The molecule has 0 aliphatic carbocycles. The molecule has 0 spiro atoms. The molecule has 2 N–H and O–H groups in total. The van der Waals surface area contributed by atoms with E-state index in [0.29, 0.717) is 17.5 Å². The molecule has 0 saturated heterocycles. The number of aryl methyl sites for hydroxylation is 1. The number of carbonyl (C=O) groups is 1. The minimum atomic E-state index is -1.75. The normalized spacial score (nSPS) is 12.6. The predicted molar refractivity (Wildman–Crippen MR) is 100 cm³/mol. The van der Waals surface area contributed by atoms with Crippen LogP contribution in [0.4, 0.5) is 0 Å². The van der Waals surface area contributed by atoms with Crippen molar-refractivity contribution in [2.45, 2.75) is 25.0 Å². The minimum absolute atomic E-state index is 0.178. The van der Waals surface area contributed by atoms with Gasteiger partial charge in [-0.15, -0.1) is 0 Å². The number of aliphatic hydroxyl groups is 1. The van der Waals surface area contributed by atoms with Crippen molar-refractivity contribution in [3.63, 3.8) is 0 Å². The highest BCUT2D eigenvalue weighted by molar-refractivity contribution is 5.90. The summed E-state index contributed by atoms with van der Waals surface area (Å²) in [6.45, 7) is 1.91. The Hall–Kier alpha value is -2.92. The Kier molecular flexibility index (Phi) is 5.19. The second-order valence-corrected chi connectivity index (χ2v) is 6.48. The van der Waals surface area contributed by atoms with Gasteiger partial charge in [0.05, 0.1) is 0 Å². The monoisotopic (exact) mass is 349 g/mol. The van der Waals surface area contributed by atoms with Gasteiger partial charge in [0.2, 0.25) is 0 Å². The number of hydrogen-bond acceptors (Lipinski definition) is 3. The van der Waals surface area contributed by atoms with E-state index >= 15 is 0 Å². The number of carbonyl (C=O) groups excluding carboxylic acids is 1. The number of benzene rings is 2. The lowest BCUT2D eigenvalue weighted by Gasteiger charge is -2.29. The Morgan fingerprint density at radius 3 is 2.12 bits per heavy atom. The van der Waals surface area contributed by atoms with Crippen molar-refractivity contribution < 1.29 is 9.90 Å². The van der Waals surface area contributed by atoms with Crippen molar-refractivity contribution in [1.29, 1.82) is 0 Å². The number of nitrogens with zero attached hydrogens (tertiary/aromatic N) is 2. The first-order valence-electron chi connectivity index (χ1n) is 8.62. The van der Waals surface area contributed by atoms with Crippen LogP contribution in [0.1, 0.15) is 23.9 Å². The van der Waals surface area contributed by atoms with Crippen LogP contribution in [0.2, 0.25) is 0 Å². The van der Waals surface area contributed by atoms with Crippen molar-refractivity contribution in [3.8, 4) is 0 Å². The van der Waals surface area contributed by atoms with Crippen LogP contribution in [0.5, 0.6) is 0 Å². The van der Waals surface area contributed by atoms with E-state index in [1.54, 1.807) is 30.5 Å². The van der Waals surface area contributed by atoms with Crippen LogP contribution >= 0.6 is 0 Å². The van der Waals surface area contributed by atoms with Gasteiger partial charge in [-0.1, -0.05) is 60.7 Å². The molecule has 5 nitrogen and oxygen atoms in total. The molecule has 0 radical (unpaired) electrons. The minimum Gasteiger partial charge on any atom is -0.372 e. The zero-order valence-corrected chi connectivity index (χ0v) is 15.0. The van der Waals surface area contributed by atoms with Gasteiger partial charge in [-0.25, -0.2) is 4.98 Å². The van der Waals surface area contributed by atoms with E-state index in [9.17, 15) is 9.90 Å². The fourth-order valence-corrected chi connectivity index (χ4v) is 3.03. The molecule has 0 bridgehead atoms. The van der Waals surface area contributed by atoms with Crippen molar-refractivity contribution in [3.05, 3.63) is 90.0 Å². The molecule has 1 unspecified atom stereocenters. The van der Waals surface area contributed by atoms with Gasteiger partial charge in [0.15, 0.2) is 5.60 Å². The molecule has 26 heavy (non-hydrogen) atoms. The number of rotatable bonds is 6. The van der Waals surface area contributed by atoms with Crippen LogP contribution in [-0.2, 0) is 23.9 Å². The maximum Gasteiger partial charge on any atom is 0.261 e. The van der Waals surface area contributed by atoms with Gasteiger partial charge in [-0.05, 0) is 18.1 Å². The van der Waals surface area contributed by atoms with E-state index in [2.05, 4.69) is 10.3 Å². The van der Waals surface area contributed by atoms with Gasteiger partial charge in [-0.3, -0.25) is 4.79 Å². The van der Waals surface area contributed by atoms with Gasteiger partial charge in [0.1, 0.15) is 5.82 Å². The topological polar surface area (TPSA) is 67.2 Å². The zero-order valence-electron chi connectivity index (χ0n) is 15.0. The molecule has 3 rings (SSSR count). The Morgan fingerprint density at radius 1 is 1.12 bits per heavy atom. The highest BCUT2D eigenvalue weighted by Crippen LogP contribution is 2.30. The fourth-order valence-electron chi connectivity index (χ4n) is 3.03. The Balaban J connectivity index is 1.87. The SMILES string of the molecule is CC(Cc1nccn1C)NC(=O)C(O)(c1ccccc1)c1ccccc1. The van der Waals surface area contributed by atoms with Crippen molar-refractivity contribution in [1.82, 2.24) is 14.9 Å². The van der Waals surface area contributed by atoms with E-state index in [1.807, 2.05) is 61.1 Å². The summed E-state index contributed by atoms with van der Waals surface area (Å²) >= 11 is 0. The van der Waals surface area contributed by atoms with Gasteiger partial charge >= 0.3 is 0 Å². The lowest BCUT2D eigenvalue weighted by Crippen LogP contribution is -2.49. The number of nitrogens with one attached hydrogen (secondary N) is 1. The maximum atomic E-state index is 13.1. The molecule has 1 atom stereocenters. The smallest absolute Gasteiger partial charge is 0.261 e. The molecular weight excluding hydrogens is 326 g/mol. The molecule has 0 aliphatic heterocycles. The quantitative estimate of drug-likeness (QED) is 0.718. The van der Waals surface area contributed by atoms with Crippen LogP contribution in [0.15, 0.2) is 73.1 Å².